The number of aromatic nitrogens is 2. The molecule has 0 bridgehead atoms. The van der Waals surface area contributed by atoms with Gasteiger partial charge in [0.15, 0.2) is 5.82 Å². The number of aryl methyl sites for hydroxylation is 2. The molecule has 0 saturated carbocycles. The SMILES string of the molecule is Cc1cc(NC(=O)N2CCCC(C)C2)nn1C. The van der Waals surface area contributed by atoms with E-state index >= 15 is 0 Å². The maximum absolute atomic E-state index is 12.0. The van der Waals surface area contributed by atoms with Crippen LogP contribution >= 0.6 is 0 Å². The number of nitrogens with one attached hydrogen (secondary N) is 1. The Balaban J connectivity index is 1.96. The fourth-order valence-electron chi connectivity index (χ4n) is 2.18. The van der Waals surface area contributed by atoms with Crippen molar-refractivity contribution in [3.63, 3.8) is 0 Å². The number of hydrogen-bond donors (Lipinski definition) is 1. The highest BCUT2D eigenvalue weighted by molar-refractivity contribution is 5.88. The normalized spacial score (nSPS) is 20.4. The Bertz CT molecular complexity index is 393. The summed E-state index contributed by atoms with van der Waals surface area (Å²) >= 11 is 0. The van der Waals surface area contributed by atoms with Crippen LogP contribution in [0.3, 0.4) is 0 Å². The molecule has 1 atom stereocenters. The lowest BCUT2D eigenvalue weighted by molar-refractivity contribution is 0.182. The average molecular weight is 236 g/mol. The van der Waals surface area contributed by atoms with Gasteiger partial charge in [0.25, 0.3) is 0 Å². The molecule has 1 aromatic rings. The maximum atomic E-state index is 12.0. The highest BCUT2D eigenvalue weighted by Gasteiger charge is 2.21. The van der Waals surface area contributed by atoms with Crippen molar-refractivity contribution in [3.05, 3.63) is 11.8 Å². The van der Waals surface area contributed by atoms with Crippen LogP contribution in [0.4, 0.5) is 10.6 Å². The first-order valence-electron chi connectivity index (χ1n) is 6.13. The average Bonchev–Trinajstić information content (AvgIpc) is 2.58. The third-order valence-corrected chi connectivity index (χ3v) is 3.29. The molecule has 2 heterocycles. The van der Waals surface area contributed by atoms with Gasteiger partial charge in [-0.15, -0.1) is 0 Å². The van der Waals surface area contributed by atoms with Crippen molar-refractivity contribution in [2.24, 2.45) is 13.0 Å². The molecular weight excluding hydrogens is 216 g/mol. The third-order valence-electron chi connectivity index (χ3n) is 3.29. The first kappa shape index (κ1) is 12.0. The summed E-state index contributed by atoms with van der Waals surface area (Å²) in [5, 5.41) is 7.07. The number of hydrogen-bond acceptors (Lipinski definition) is 2. The fourth-order valence-corrected chi connectivity index (χ4v) is 2.18. The molecule has 1 saturated heterocycles. The van der Waals surface area contributed by atoms with Crippen LogP contribution in [-0.4, -0.2) is 33.8 Å². The van der Waals surface area contributed by atoms with E-state index in [-0.39, 0.29) is 6.03 Å². The number of rotatable bonds is 1. The van der Waals surface area contributed by atoms with Crippen LogP contribution in [0.2, 0.25) is 0 Å². The van der Waals surface area contributed by atoms with Gasteiger partial charge in [0, 0.05) is 31.9 Å². The molecule has 1 N–H and O–H groups in total. The molecule has 1 unspecified atom stereocenters. The molecule has 1 aliphatic rings. The summed E-state index contributed by atoms with van der Waals surface area (Å²) in [4.78, 5) is 13.9. The van der Waals surface area contributed by atoms with Gasteiger partial charge in [0.2, 0.25) is 0 Å². The summed E-state index contributed by atoms with van der Waals surface area (Å²) in [5.74, 6) is 1.23. The number of amides is 2. The molecule has 0 aromatic carbocycles. The van der Waals surface area contributed by atoms with Crippen LogP contribution in [0.15, 0.2) is 6.07 Å². The summed E-state index contributed by atoms with van der Waals surface area (Å²) < 4.78 is 1.76. The van der Waals surface area contributed by atoms with E-state index < -0.39 is 0 Å². The third kappa shape index (κ3) is 2.78. The fraction of sp³-hybridized carbons (Fsp3) is 0.667. The van der Waals surface area contributed by atoms with Gasteiger partial charge in [0.05, 0.1) is 0 Å². The van der Waals surface area contributed by atoms with Crippen LogP contribution in [0, 0.1) is 12.8 Å². The zero-order valence-electron chi connectivity index (χ0n) is 10.7. The molecule has 1 aromatic heterocycles. The van der Waals surface area contributed by atoms with E-state index in [0.29, 0.717) is 11.7 Å². The van der Waals surface area contributed by atoms with Crippen LogP contribution in [0.25, 0.3) is 0 Å². The topological polar surface area (TPSA) is 50.2 Å². The number of carbonyl (C=O) groups is 1. The van der Waals surface area contributed by atoms with Crippen LogP contribution in [0.1, 0.15) is 25.5 Å². The second-order valence-corrected chi connectivity index (χ2v) is 4.92. The Kier molecular flexibility index (Phi) is 3.36. The molecule has 2 amide bonds. The first-order chi connectivity index (χ1) is 8.06. The maximum Gasteiger partial charge on any atom is 0.323 e. The minimum atomic E-state index is -0.0327. The quantitative estimate of drug-likeness (QED) is 0.810. The van der Waals surface area contributed by atoms with Crippen molar-refractivity contribution >= 4 is 11.8 Å². The van der Waals surface area contributed by atoms with Crippen LogP contribution in [-0.2, 0) is 7.05 Å². The predicted molar refractivity (Wildman–Crippen MR) is 66.9 cm³/mol. The Morgan fingerprint density at radius 3 is 2.94 bits per heavy atom. The van der Waals surface area contributed by atoms with E-state index in [9.17, 15) is 4.79 Å². The first-order valence-corrected chi connectivity index (χ1v) is 6.13. The van der Waals surface area contributed by atoms with E-state index in [2.05, 4.69) is 17.3 Å². The smallest absolute Gasteiger partial charge is 0.323 e. The van der Waals surface area contributed by atoms with E-state index in [1.165, 1.54) is 6.42 Å². The number of piperidine rings is 1. The molecule has 2 rings (SSSR count). The Morgan fingerprint density at radius 2 is 2.35 bits per heavy atom. The van der Waals surface area contributed by atoms with Crippen molar-refractivity contribution in [1.82, 2.24) is 14.7 Å². The van der Waals surface area contributed by atoms with Gasteiger partial charge in [-0.05, 0) is 25.7 Å². The Hall–Kier alpha value is -1.52. The minimum Gasteiger partial charge on any atom is -0.324 e. The van der Waals surface area contributed by atoms with Gasteiger partial charge < -0.3 is 4.90 Å². The number of likely N-dealkylation sites (tertiary alicyclic amines) is 1. The second-order valence-electron chi connectivity index (χ2n) is 4.92. The lowest BCUT2D eigenvalue weighted by atomic mass is 10.0. The van der Waals surface area contributed by atoms with E-state index in [1.807, 2.05) is 24.9 Å². The summed E-state index contributed by atoms with van der Waals surface area (Å²) in [6.45, 7) is 5.84. The van der Waals surface area contributed by atoms with Gasteiger partial charge in [-0.25, -0.2) is 4.79 Å². The lowest BCUT2D eigenvalue weighted by Gasteiger charge is -2.30. The number of carbonyl (C=O) groups excluding carboxylic acids is 1. The molecule has 1 fully saturated rings. The molecule has 0 aliphatic carbocycles. The summed E-state index contributed by atoms with van der Waals surface area (Å²) in [6.07, 6.45) is 2.31. The van der Waals surface area contributed by atoms with Crippen molar-refractivity contribution in [2.45, 2.75) is 26.7 Å². The largest absolute Gasteiger partial charge is 0.324 e. The molecule has 0 spiro atoms. The lowest BCUT2D eigenvalue weighted by Crippen LogP contribution is -2.41. The molecule has 17 heavy (non-hydrogen) atoms. The summed E-state index contributed by atoms with van der Waals surface area (Å²) in [5.41, 5.74) is 1.03. The highest BCUT2D eigenvalue weighted by Crippen LogP contribution is 2.16. The number of nitrogens with zero attached hydrogens (tertiary/aromatic N) is 3. The molecule has 5 nitrogen and oxygen atoms in total. The monoisotopic (exact) mass is 236 g/mol. The van der Waals surface area contributed by atoms with Gasteiger partial charge >= 0.3 is 6.03 Å². The second kappa shape index (κ2) is 4.77. The van der Waals surface area contributed by atoms with Crippen molar-refractivity contribution in [3.8, 4) is 0 Å². The molecular formula is C12H20N4O. The number of anilines is 1. The Morgan fingerprint density at radius 1 is 1.59 bits per heavy atom. The van der Waals surface area contributed by atoms with Gasteiger partial charge in [-0.2, -0.15) is 5.10 Å². The molecule has 5 heteroatoms. The zero-order chi connectivity index (χ0) is 12.4. The standard InChI is InChI=1S/C12H20N4O/c1-9-5-4-6-16(8-9)12(17)13-11-7-10(2)15(3)14-11/h7,9H,4-6,8H2,1-3H3,(H,13,14,17). The molecule has 0 radical (unpaired) electrons. The van der Waals surface area contributed by atoms with Gasteiger partial charge in [-0.3, -0.25) is 10.00 Å². The highest BCUT2D eigenvalue weighted by atomic mass is 16.2. The van der Waals surface area contributed by atoms with E-state index in [0.717, 1.165) is 25.2 Å². The van der Waals surface area contributed by atoms with Gasteiger partial charge in [0.1, 0.15) is 0 Å². The van der Waals surface area contributed by atoms with Crippen molar-refractivity contribution < 1.29 is 4.79 Å². The molecule has 1 aliphatic heterocycles. The van der Waals surface area contributed by atoms with Crippen molar-refractivity contribution in [2.75, 3.05) is 18.4 Å². The van der Waals surface area contributed by atoms with Crippen molar-refractivity contribution in [1.29, 1.82) is 0 Å². The predicted octanol–water partition coefficient (Wildman–Crippen LogP) is 1.99. The van der Waals surface area contributed by atoms with Gasteiger partial charge in [-0.1, -0.05) is 6.92 Å². The van der Waals surface area contributed by atoms with Crippen LogP contribution < -0.4 is 5.32 Å². The minimum absolute atomic E-state index is 0.0327. The Labute approximate surface area is 102 Å². The summed E-state index contributed by atoms with van der Waals surface area (Å²) in [6, 6.07) is 1.85. The number of urea groups is 1. The molecule has 94 valence electrons. The van der Waals surface area contributed by atoms with Crippen LogP contribution in [0.5, 0.6) is 0 Å². The van der Waals surface area contributed by atoms with E-state index in [4.69, 9.17) is 0 Å². The summed E-state index contributed by atoms with van der Waals surface area (Å²) in [7, 11) is 1.87. The van der Waals surface area contributed by atoms with E-state index in [1.54, 1.807) is 4.68 Å². The zero-order valence-corrected chi connectivity index (χ0v) is 10.7.